The van der Waals surface area contributed by atoms with Crippen molar-refractivity contribution in [2.75, 3.05) is 18.6 Å². The average molecular weight is 365 g/mol. The molecular formula is C20H28O4S. The minimum atomic E-state index is -0.178. The first-order valence-electron chi connectivity index (χ1n) is 9.24. The van der Waals surface area contributed by atoms with Gasteiger partial charge in [-0.05, 0) is 50.2 Å². The quantitative estimate of drug-likeness (QED) is 0.776. The third-order valence-electron chi connectivity index (χ3n) is 5.74. The second-order valence-electron chi connectivity index (χ2n) is 7.06. The highest BCUT2D eigenvalue weighted by Gasteiger charge is 2.49. The summed E-state index contributed by atoms with van der Waals surface area (Å²) in [6.07, 6.45) is 5.97. The zero-order valence-corrected chi connectivity index (χ0v) is 16.2. The van der Waals surface area contributed by atoms with Crippen LogP contribution >= 0.6 is 11.8 Å². The van der Waals surface area contributed by atoms with Crippen LogP contribution in [0.1, 0.15) is 49.8 Å². The highest BCUT2D eigenvalue weighted by molar-refractivity contribution is 7.99. The third-order valence-corrected chi connectivity index (χ3v) is 6.82. The van der Waals surface area contributed by atoms with Gasteiger partial charge in [-0.3, -0.25) is 4.79 Å². The average Bonchev–Trinajstić information content (AvgIpc) is 2.58. The molecule has 1 aromatic carbocycles. The number of fused-ring (bicyclic) bond motifs is 1. The van der Waals surface area contributed by atoms with E-state index < -0.39 is 0 Å². The molecule has 1 aliphatic heterocycles. The van der Waals surface area contributed by atoms with Crippen LogP contribution < -0.4 is 4.74 Å². The number of aromatic hydroxyl groups is 1. The number of benzene rings is 1. The van der Waals surface area contributed by atoms with Gasteiger partial charge in [0.15, 0.2) is 0 Å². The highest BCUT2D eigenvalue weighted by atomic mass is 32.2. The first kappa shape index (κ1) is 18.4. The van der Waals surface area contributed by atoms with Crippen LogP contribution in [0, 0.1) is 5.92 Å². The zero-order valence-electron chi connectivity index (χ0n) is 15.4. The van der Waals surface area contributed by atoms with Gasteiger partial charge in [0.2, 0.25) is 0 Å². The van der Waals surface area contributed by atoms with E-state index in [0.717, 1.165) is 54.7 Å². The molecule has 1 fully saturated rings. The topological polar surface area (TPSA) is 55.8 Å². The molecule has 0 bridgehead atoms. The van der Waals surface area contributed by atoms with Crippen LogP contribution in [0.4, 0.5) is 0 Å². The van der Waals surface area contributed by atoms with Crippen LogP contribution in [0.3, 0.4) is 0 Å². The van der Waals surface area contributed by atoms with Gasteiger partial charge in [-0.2, -0.15) is 0 Å². The molecule has 1 saturated carbocycles. The number of phenols is 1. The number of hydrogen-bond acceptors (Lipinski definition) is 5. The number of rotatable bonds is 6. The molecular weight excluding hydrogens is 336 g/mol. The van der Waals surface area contributed by atoms with Crippen LogP contribution in [0.5, 0.6) is 11.5 Å². The van der Waals surface area contributed by atoms with Crippen molar-refractivity contribution in [3.8, 4) is 11.5 Å². The maximum absolute atomic E-state index is 11.4. The Kier molecular flexibility index (Phi) is 5.52. The van der Waals surface area contributed by atoms with Gasteiger partial charge in [-0.25, -0.2) is 0 Å². The number of carbonyl (C=O) groups is 1. The van der Waals surface area contributed by atoms with E-state index in [1.807, 2.05) is 6.07 Å². The molecule has 0 saturated heterocycles. The Morgan fingerprint density at radius 2 is 2.08 bits per heavy atom. The van der Waals surface area contributed by atoms with Crippen molar-refractivity contribution in [1.29, 1.82) is 0 Å². The Morgan fingerprint density at radius 3 is 2.64 bits per heavy atom. The van der Waals surface area contributed by atoms with Crippen LogP contribution in [0.2, 0.25) is 0 Å². The lowest BCUT2D eigenvalue weighted by atomic mass is 9.67. The predicted octanol–water partition coefficient (Wildman–Crippen LogP) is 3.90. The molecule has 25 heavy (non-hydrogen) atoms. The number of hydrogen-bond donors (Lipinski definition) is 1. The van der Waals surface area contributed by atoms with E-state index in [-0.39, 0.29) is 11.6 Å². The van der Waals surface area contributed by atoms with E-state index in [9.17, 15) is 9.90 Å². The maximum Gasteiger partial charge on any atom is 0.315 e. The standard InChI is InChI=1S/C20H28O4S/c1-4-15-16(5-2)19-13(10-17(15)21)9-14(11-25-12-18(22)23-3)20(24-19)7-6-8-20/h10,14,21H,4-9,11-12H2,1-3H3. The second-order valence-corrected chi connectivity index (χ2v) is 8.09. The van der Waals surface area contributed by atoms with Gasteiger partial charge in [-0.1, -0.05) is 13.8 Å². The molecule has 1 heterocycles. The zero-order chi connectivity index (χ0) is 18.0. The van der Waals surface area contributed by atoms with Crippen LogP contribution in [-0.2, 0) is 28.8 Å². The van der Waals surface area contributed by atoms with Gasteiger partial charge in [0, 0.05) is 22.8 Å². The molecule has 0 amide bonds. The first-order chi connectivity index (χ1) is 12.0. The Bertz CT molecular complexity index is 652. The van der Waals surface area contributed by atoms with Gasteiger partial charge >= 0.3 is 5.97 Å². The summed E-state index contributed by atoms with van der Waals surface area (Å²) in [5.74, 6) is 2.88. The van der Waals surface area contributed by atoms with Crippen molar-refractivity contribution in [3.05, 3.63) is 22.8 Å². The minimum Gasteiger partial charge on any atom is -0.508 e. The smallest absolute Gasteiger partial charge is 0.315 e. The van der Waals surface area contributed by atoms with E-state index in [1.54, 1.807) is 11.8 Å². The minimum absolute atomic E-state index is 0.0813. The summed E-state index contributed by atoms with van der Waals surface area (Å²) in [7, 11) is 1.43. The Morgan fingerprint density at radius 1 is 1.36 bits per heavy atom. The molecule has 1 aromatic rings. The largest absolute Gasteiger partial charge is 0.508 e. The lowest BCUT2D eigenvalue weighted by Crippen LogP contribution is -2.54. The molecule has 1 atom stereocenters. The molecule has 1 unspecified atom stereocenters. The fourth-order valence-electron chi connectivity index (χ4n) is 4.18. The molecule has 138 valence electrons. The van der Waals surface area contributed by atoms with Gasteiger partial charge in [0.1, 0.15) is 17.1 Å². The Labute approximate surface area is 154 Å². The lowest BCUT2D eigenvalue weighted by Gasteiger charge is -2.51. The van der Waals surface area contributed by atoms with Crippen molar-refractivity contribution in [2.45, 2.75) is 58.0 Å². The van der Waals surface area contributed by atoms with Crippen LogP contribution in [0.25, 0.3) is 0 Å². The highest BCUT2D eigenvalue weighted by Crippen LogP contribution is 2.51. The van der Waals surface area contributed by atoms with E-state index in [1.165, 1.54) is 19.1 Å². The summed E-state index contributed by atoms with van der Waals surface area (Å²) in [5, 5.41) is 10.4. The van der Waals surface area contributed by atoms with E-state index in [0.29, 0.717) is 17.4 Å². The first-order valence-corrected chi connectivity index (χ1v) is 10.4. The SMILES string of the molecule is CCc1c(O)cc2c(c1CC)OC1(CCC1)C(CSCC(=O)OC)C2. The van der Waals surface area contributed by atoms with Crippen molar-refractivity contribution in [2.24, 2.45) is 5.92 Å². The van der Waals surface area contributed by atoms with Crippen LogP contribution in [0.15, 0.2) is 6.07 Å². The van der Waals surface area contributed by atoms with Crippen molar-refractivity contribution in [3.63, 3.8) is 0 Å². The second kappa shape index (κ2) is 7.48. The van der Waals surface area contributed by atoms with Crippen LogP contribution in [-0.4, -0.2) is 35.3 Å². The fourth-order valence-corrected chi connectivity index (χ4v) is 5.29. The number of esters is 1. The summed E-state index contributed by atoms with van der Waals surface area (Å²) in [6.45, 7) is 4.21. The molecule has 0 radical (unpaired) electrons. The number of methoxy groups -OCH3 is 1. The normalized spacial score (nSPS) is 20.5. The molecule has 3 rings (SSSR count). The summed E-state index contributed by atoms with van der Waals surface area (Å²) in [5.41, 5.74) is 3.23. The Balaban J connectivity index is 1.86. The van der Waals surface area contributed by atoms with E-state index in [4.69, 9.17) is 9.47 Å². The summed E-state index contributed by atoms with van der Waals surface area (Å²) >= 11 is 1.62. The van der Waals surface area contributed by atoms with E-state index in [2.05, 4.69) is 13.8 Å². The maximum atomic E-state index is 11.4. The summed E-state index contributed by atoms with van der Waals surface area (Å²) in [4.78, 5) is 11.4. The Hall–Kier alpha value is -1.36. The lowest BCUT2D eigenvalue weighted by molar-refractivity contribution is -0.137. The fraction of sp³-hybridized carbons (Fsp3) is 0.650. The molecule has 0 aromatic heterocycles. The van der Waals surface area contributed by atoms with Crippen molar-refractivity contribution < 1.29 is 19.4 Å². The number of phenolic OH excluding ortho intramolecular Hbond substituents is 1. The third kappa shape index (κ3) is 3.35. The number of thioether (sulfide) groups is 1. The molecule has 5 heteroatoms. The number of carbonyl (C=O) groups excluding carboxylic acids is 1. The molecule has 1 N–H and O–H groups in total. The van der Waals surface area contributed by atoms with Crippen molar-refractivity contribution in [1.82, 2.24) is 0 Å². The molecule has 1 spiro atoms. The predicted molar refractivity (Wildman–Crippen MR) is 101 cm³/mol. The van der Waals surface area contributed by atoms with Gasteiger partial charge in [0.25, 0.3) is 0 Å². The van der Waals surface area contributed by atoms with Crippen molar-refractivity contribution >= 4 is 17.7 Å². The van der Waals surface area contributed by atoms with Gasteiger partial charge < -0.3 is 14.6 Å². The summed E-state index contributed by atoms with van der Waals surface area (Å²) < 4.78 is 11.4. The van der Waals surface area contributed by atoms with Gasteiger partial charge in [0.05, 0.1) is 12.9 Å². The monoisotopic (exact) mass is 364 g/mol. The number of ether oxygens (including phenoxy) is 2. The molecule has 2 aliphatic rings. The van der Waals surface area contributed by atoms with Gasteiger partial charge in [-0.15, -0.1) is 11.8 Å². The summed E-state index contributed by atoms with van der Waals surface area (Å²) in [6, 6.07) is 1.90. The van der Waals surface area contributed by atoms with E-state index >= 15 is 0 Å². The molecule has 1 aliphatic carbocycles. The molecule has 4 nitrogen and oxygen atoms in total.